The highest BCUT2D eigenvalue weighted by Gasteiger charge is 2.23. The van der Waals surface area contributed by atoms with Gasteiger partial charge in [-0.25, -0.2) is 4.79 Å². The molecule has 0 aliphatic carbocycles. The molecule has 16 heavy (non-hydrogen) atoms. The molecule has 6 nitrogen and oxygen atoms in total. The Bertz CT molecular complexity index is 469. The van der Waals surface area contributed by atoms with E-state index >= 15 is 0 Å². The Morgan fingerprint density at radius 3 is 2.50 bits per heavy atom. The number of aromatic nitrogens is 2. The molecule has 0 aromatic carbocycles. The number of rotatable bonds is 1. The number of H-pyrrole nitrogens is 2. The van der Waals surface area contributed by atoms with Crippen LogP contribution in [-0.4, -0.2) is 35.3 Å². The Balaban J connectivity index is 2.30. The van der Waals surface area contributed by atoms with Gasteiger partial charge in [-0.3, -0.25) is 9.78 Å². The number of anilines is 1. The van der Waals surface area contributed by atoms with Crippen LogP contribution in [-0.2, 0) is 4.74 Å². The third-order valence-electron chi connectivity index (χ3n) is 2.56. The molecular weight excluding hydrogens is 210 g/mol. The summed E-state index contributed by atoms with van der Waals surface area (Å²) in [5.74, 6) is 0. The van der Waals surface area contributed by atoms with E-state index in [1.165, 1.54) is 6.20 Å². The monoisotopic (exact) mass is 225 g/mol. The average molecular weight is 225 g/mol. The summed E-state index contributed by atoms with van der Waals surface area (Å²) in [5, 5.41) is 0. The highest BCUT2D eigenvalue weighted by Crippen LogP contribution is 2.15. The standard InChI is InChI=1S/C10H15N3O3/c1-6-4-13(5-7(2)16-6)8-3-11-10(15)12-9(8)14/h3,6-7H,4-5H2,1-2H3,(H2,11,12,14,15). The summed E-state index contributed by atoms with van der Waals surface area (Å²) >= 11 is 0. The molecule has 1 aromatic heterocycles. The van der Waals surface area contributed by atoms with Crippen LogP contribution < -0.4 is 16.1 Å². The topological polar surface area (TPSA) is 78.2 Å². The zero-order valence-electron chi connectivity index (χ0n) is 9.32. The van der Waals surface area contributed by atoms with E-state index in [-0.39, 0.29) is 17.8 Å². The second kappa shape index (κ2) is 4.13. The van der Waals surface area contributed by atoms with E-state index < -0.39 is 5.69 Å². The van der Waals surface area contributed by atoms with Crippen LogP contribution >= 0.6 is 0 Å². The number of aromatic amines is 2. The van der Waals surface area contributed by atoms with E-state index in [4.69, 9.17) is 4.74 Å². The zero-order valence-corrected chi connectivity index (χ0v) is 9.32. The molecule has 0 radical (unpaired) electrons. The Kier molecular flexibility index (Phi) is 2.82. The Labute approximate surface area is 92.3 Å². The predicted molar refractivity (Wildman–Crippen MR) is 59.9 cm³/mol. The van der Waals surface area contributed by atoms with Crippen molar-refractivity contribution in [1.82, 2.24) is 9.97 Å². The van der Waals surface area contributed by atoms with Crippen molar-refractivity contribution in [3.63, 3.8) is 0 Å². The van der Waals surface area contributed by atoms with Crippen molar-refractivity contribution >= 4 is 5.69 Å². The summed E-state index contributed by atoms with van der Waals surface area (Å²) in [6.45, 7) is 5.23. The van der Waals surface area contributed by atoms with E-state index in [0.29, 0.717) is 18.8 Å². The van der Waals surface area contributed by atoms with Crippen molar-refractivity contribution < 1.29 is 4.74 Å². The molecule has 0 amide bonds. The molecule has 0 spiro atoms. The molecule has 1 fully saturated rings. The first-order valence-corrected chi connectivity index (χ1v) is 5.28. The lowest BCUT2D eigenvalue weighted by molar-refractivity contribution is -0.00531. The van der Waals surface area contributed by atoms with Gasteiger partial charge in [0.1, 0.15) is 5.69 Å². The summed E-state index contributed by atoms with van der Waals surface area (Å²) < 4.78 is 5.58. The molecule has 0 bridgehead atoms. The molecule has 1 aliphatic rings. The van der Waals surface area contributed by atoms with Gasteiger partial charge in [0.15, 0.2) is 0 Å². The number of ether oxygens (including phenoxy) is 1. The second-order valence-corrected chi connectivity index (χ2v) is 4.12. The van der Waals surface area contributed by atoms with Crippen LogP contribution in [0.5, 0.6) is 0 Å². The normalized spacial score (nSPS) is 25.8. The van der Waals surface area contributed by atoms with Crippen LogP contribution in [0.15, 0.2) is 15.8 Å². The minimum absolute atomic E-state index is 0.0788. The number of hydrogen-bond donors (Lipinski definition) is 2. The van der Waals surface area contributed by atoms with E-state index in [0.717, 1.165) is 0 Å². The SMILES string of the molecule is CC1CN(c2c[nH]c(=O)[nH]c2=O)CC(C)O1. The van der Waals surface area contributed by atoms with Crippen LogP contribution in [0.1, 0.15) is 13.8 Å². The van der Waals surface area contributed by atoms with E-state index in [9.17, 15) is 9.59 Å². The van der Waals surface area contributed by atoms with Gasteiger partial charge in [-0.2, -0.15) is 0 Å². The van der Waals surface area contributed by atoms with Crippen molar-refractivity contribution in [2.75, 3.05) is 18.0 Å². The van der Waals surface area contributed by atoms with Gasteiger partial charge in [-0.1, -0.05) is 0 Å². The minimum atomic E-state index is -0.483. The molecule has 1 aromatic rings. The third kappa shape index (κ3) is 2.16. The Morgan fingerprint density at radius 1 is 1.31 bits per heavy atom. The summed E-state index contributed by atoms with van der Waals surface area (Å²) in [4.78, 5) is 29.1. The highest BCUT2D eigenvalue weighted by atomic mass is 16.5. The van der Waals surface area contributed by atoms with Gasteiger partial charge < -0.3 is 14.6 Å². The fourth-order valence-electron chi connectivity index (χ4n) is 2.01. The quantitative estimate of drug-likeness (QED) is 0.686. The predicted octanol–water partition coefficient (Wildman–Crippen LogP) is -0.323. The molecule has 1 saturated heterocycles. The van der Waals surface area contributed by atoms with E-state index in [1.807, 2.05) is 18.7 Å². The summed E-state index contributed by atoms with van der Waals surface area (Å²) in [6, 6.07) is 0. The van der Waals surface area contributed by atoms with Gasteiger partial charge in [0, 0.05) is 19.3 Å². The Hall–Kier alpha value is -1.56. The molecule has 1 aliphatic heterocycles. The summed E-state index contributed by atoms with van der Waals surface area (Å²) in [6.07, 6.45) is 1.61. The maximum Gasteiger partial charge on any atom is 0.325 e. The minimum Gasteiger partial charge on any atom is -0.372 e. The van der Waals surface area contributed by atoms with Crippen molar-refractivity contribution in [3.05, 3.63) is 27.0 Å². The van der Waals surface area contributed by atoms with Crippen LogP contribution in [0.4, 0.5) is 5.69 Å². The van der Waals surface area contributed by atoms with Gasteiger partial charge in [0.2, 0.25) is 0 Å². The van der Waals surface area contributed by atoms with Gasteiger partial charge in [0.05, 0.1) is 12.2 Å². The maximum atomic E-state index is 11.6. The van der Waals surface area contributed by atoms with Crippen molar-refractivity contribution in [2.24, 2.45) is 0 Å². The highest BCUT2D eigenvalue weighted by molar-refractivity contribution is 5.42. The maximum absolute atomic E-state index is 11.6. The molecule has 2 unspecified atom stereocenters. The average Bonchev–Trinajstić information content (AvgIpc) is 2.15. The largest absolute Gasteiger partial charge is 0.372 e. The van der Waals surface area contributed by atoms with Gasteiger partial charge in [0.25, 0.3) is 5.56 Å². The lowest BCUT2D eigenvalue weighted by Crippen LogP contribution is -2.47. The fraction of sp³-hybridized carbons (Fsp3) is 0.600. The summed E-state index contributed by atoms with van der Waals surface area (Å²) in [7, 11) is 0. The lowest BCUT2D eigenvalue weighted by Gasteiger charge is -2.36. The number of hydrogen-bond acceptors (Lipinski definition) is 4. The van der Waals surface area contributed by atoms with Crippen LogP contribution in [0.3, 0.4) is 0 Å². The first-order valence-electron chi connectivity index (χ1n) is 5.28. The fourth-order valence-corrected chi connectivity index (χ4v) is 2.01. The number of nitrogens with one attached hydrogen (secondary N) is 2. The smallest absolute Gasteiger partial charge is 0.325 e. The van der Waals surface area contributed by atoms with Crippen LogP contribution in [0.25, 0.3) is 0 Å². The molecule has 2 rings (SSSR count). The Morgan fingerprint density at radius 2 is 1.94 bits per heavy atom. The molecule has 0 saturated carbocycles. The second-order valence-electron chi connectivity index (χ2n) is 4.12. The molecular formula is C10H15N3O3. The first kappa shape index (κ1) is 10.9. The number of nitrogens with zero attached hydrogens (tertiary/aromatic N) is 1. The van der Waals surface area contributed by atoms with Crippen molar-refractivity contribution in [1.29, 1.82) is 0 Å². The molecule has 2 atom stereocenters. The van der Waals surface area contributed by atoms with Crippen LogP contribution in [0.2, 0.25) is 0 Å². The van der Waals surface area contributed by atoms with Crippen molar-refractivity contribution in [3.8, 4) is 0 Å². The van der Waals surface area contributed by atoms with E-state index in [1.54, 1.807) is 0 Å². The van der Waals surface area contributed by atoms with Crippen molar-refractivity contribution in [2.45, 2.75) is 26.1 Å². The molecule has 2 N–H and O–H groups in total. The van der Waals surface area contributed by atoms with Crippen LogP contribution in [0, 0.1) is 0 Å². The first-order chi connectivity index (χ1) is 7.56. The van der Waals surface area contributed by atoms with E-state index in [2.05, 4.69) is 9.97 Å². The molecule has 88 valence electrons. The lowest BCUT2D eigenvalue weighted by atomic mass is 10.2. The molecule has 6 heteroatoms. The van der Waals surface area contributed by atoms with Gasteiger partial charge >= 0.3 is 5.69 Å². The summed E-state index contributed by atoms with van der Waals surface area (Å²) in [5.41, 5.74) is -0.352. The van der Waals surface area contributed by atoms with Gasteiger partial charge in [-0.05, 0) is 13.8 Å². The number of morpholine rings is 1. The molecule has 2 heterocycles. The zero-order chi connectivity index (χ0) is 11.7. The third-order valence-corrected chi connectivity index (χ3v) is 2.56. The van der Waals surface area contributed by atoms with Gasteiger partial charge in [-0.15, -0.1) is 0 Å².